The molecule has 2 rings (SSSR count). The van der Waals surface area contributed by atoms with E-state index in [-0.39, 0.29) is 6.61 Å². The molecule has 2 saturated heterocycles. The number of rotatable bonds is 6. The summed E-state index contributed by atoms with van der Waals surface area (Å²) in [7, 11) is -5.83. The van der Waals surface area contributed by atoms with Crippen LogP contribution in [0.1, 0.15) is 34.6 Å². The highest BCUT2D eigenvalue weighted by atomic mass is 32.2. The van der Waals surface area contributed by atoms with Gasteiger partial charge in [0.05, 0.1) is 13.2 Å². The van der Waals surface area contributed by atoms with Crippen LogP contribution < -0.4 is 0 Å². The van der Waals surface area contributed by atoms with Crippen molar-refractivity contribution in [2.24, 2.45) is 0 Å². The van der Waals surface area contributed by atoms with Crippen LogP contribution in [0.3, 0.4) is 0 Å². The normalized spacial score (nSPS) is 30.9. The van der Waals surface area contributed by atoms with Gasteiger partial charge in [-0.2, -0.15) is 21.6 Å². The predicted molar refractivity (Wildman–Crippen MR) is 85.2 cm³/mol. The molecular weight excluding hydrogens is 413 g/mol. The third-order valence-corrected chi connectivity index (χ3v) is 4.93. The number of hydrogen-bond acceptors (Lipinski definition) is 9. The van der Waals surface area contributed by atoms with Crippen LogP contribution in [0, 0.1) is 0 Å². The zero-order valence-electron chi connectivity index (χ0n) is 15.9. The quantitative estimate of drug-likeness (QED) is 0.347. The lowest BCUT2D eigenvalue weighted by Gasteiger charge is -2.30. The summed E-state index contributed by atoms with van der Waals surface area (Å²) < 4.78 is 91.6. The Bertz CT molecular complexity index is 689. The molecule has 4 atom stereocenters. The standard InChI is InChI=1S/C15H23F3O9S/c1-8(19)24-11(9-6-22-13(2,3)25-9)12-10(26-14(4,5)27-12)7-23-28(20,21)15(16,17)18/h9-12H,6-7H2,1-5H3/t9-,10-,11-,12-/m1/s1. The minimum absolute atomic E-state index is 0.0136. The first-order chi connectivity index (χ1) is 12.5. The average molecular weight is 436 g/mol. The maximum Gasteiger partial charge on any atom is 0.523 e. The van der Waals surface area contributed by atoms with Crippen molar-refractivity contribution < 1.29 is 54.3 Å². The first-order valence-electron chi connectivity index (χ1n) is 8.33. The van der Waals surface area contributed by atoms with Crippen LogP contribution in [-0.2, 0) is 42.8 Å². The maximum absolute atomic E-state index is 12.5. The van der Waals surface area contributed by atoms with Crippen molar-refractivity contribution in [3.63, 3.8) is 0 Å². The first-order valence-corrected chi connectivity index (χ1v) is 9.74. The van der Waals surface area contributed by atoms with Gasteiger partial charge >= 0.3 is 21.6 Å². The van der Waals surface area contributed by atoms with Crippen molar-refractivity contribution in [1.29, 1.82) is 0 Å². The van der Waals surface area contributed by atoms with E-state index in [1.54, 1.807) is 13.8 Å². The summed E-state index contributed by atoms with van der Waals surface area (Å²) in [5.74, 6) is -2.98. The van der Waals surface area contributed by atoms with Gasteiger partial charge in [0.2, 0.25) is 0 Å². The minimum Gasteiger partial charge on any atom is -0.457 e. The van der Waals surface area contributed by atoms with Gasteiger partial charge in [-0.1, -0.05) is 0 Å². The summed E-state index contributed by atoms with van der Waals surface area (Å²) in [5, 5.41) is 0. The zero-order chi connectivity index (χ0) is 21.5. The van der Waals surface area contributed by atoms with E-state index in [9.17, 15) is 26.4 Å². The van der Waals surface area contributed by atoms with E-state index >= 15 is 0 Å². The fourth-order valence-electron chi connectivity index (χ4n) is 2.92. The number of carbonyl (C=O) groups is 1. The molecule has 2 aliphatic rings. The van der Waals surface area contributed by atoms with Crippen molar-refractivity contribution in [1.82, 2.24) is 0 Å². The van der Waals surface area contributed by atoms with Gasteiger partial charge in [-0.15, -0.1) is 0 Å². The third-order valence-electron chi connectivity index (χ3n) is 3.92. The van der Waals surface area contributed by atoms with Gasteiger partial charge in [-0.05, 0) is 27.7 Å². The van der Waals surface area contributed by atoms with E-state index in [0.717, 1.165) is 6.92 Å². The zero-order valence-corrected chi connectivity index (χ0v) is 16.8. The van der Waals surface area contributed by atoms with Crippen molar-refractivity contribution in [3.05, 3.63) is 0 Å². The highest BCUT2D eigenvalue weighted by Crippen LogP contribution is 2.36. The lowest BCUT2D eigenvalue weighted by Crippen LogP contribution is -2.49. The molecule has 0 aromatic carbocycles. The second kappa shape index (κ2) is 7.69. The van der Waals surface area contributed by atoms with E-state index in [2.05, 4.69) is 4.18 Å². The smallest absolute Gasteiger partial charge is 0.457 e. The van der Waals surface area contributed by atoms with Crippen LogP contribution in [0.25, 0.3) is 0 Å². The second-order valence-corrected chi connectivity index (χ2v) is 8.87. The molecular formula is C15H23F3O9S. The monoisotopic (exact) mass is 436 g/mol. The molecule has 0 saturated carbocycles. The van der Waals surface area contributed by atoms with E-state index < -0.39 is 64.2 Å². The largest absolute Gasteiger partial charge is 0.523 e. The van der Waals surface area contributed by atoms with Gasteiger partial charge in [0.15, 0.2) is 17.7 Å². The van der Waals surface area contributed by atoms with Gasteiger partial charge in [0.1, 0.15) is 18.3 Å². The molecule has 0 unspecified atom stereocenters. The molecule has 0 aromatic rings. The van der Waals surface area contributed by atoms with Gasteiger partial charge in [-0.3, -0.25) is 8.98 Å². The topological polar surface area (TPSA) is 107 Å². The van der Waals surface area contributed by atoms with E-state index in [1.807, 2.05) is 0 Å². The molecule has 0 radical (unpaired) electrons. The van der Waals surface area contributed by atoms with Crippen molar-refractivity contribution in [3.8, 4) is 0 Å². The molecule has 28 heavy (non-hydrogen) atoms. The molecule has 164 valence electrons. The van der Waals surface area contributed by atoms with Crippen molar-refractivity contribution in [2.45, 2.75) is 76.1 Å². The fourth-order valence-corrected chi connectivity index (χ4v) is 3.36. The molecule has 2 heterocycles. The van der Waals surface area contributed by atoms with Gasteiger partial charge in [0, 0.05) is 6.92 Å². The highest BCUT2D eigenvalue weighted by Gasteiger charge is 2.54. The molecule has 0 amide bonds. The molecule has 2 aliphatic heterocycles. The molecule has 0 bridgehead atoms. The summed E-state index contributed by atoms with van der Waals surface area (Å²) in [6.45, 7) is 6.35. The van der Waals surface area contributed by atoms with Crippen LogP contribution in [0.5, 0.6) is 0 Å². The Morgan fingerprint density at radius 2 is 1.75 bits per heavy atom. The second-order valence-electron chi connectivity index (χ2n) is 7.26. The summed E-state index contributed by atoms with van der Waals surface area (Å²) in [4.78, 5) is 11.6. The van der Waals surface area contributed by atoms with E-state index in [0.29, 0.717) is 0 Å². The molecule has 2 fully saturated rings. The van der Waals surface area contributed by atoms with Crippen LogP contribution in [0.15, 0.2) is 0 Å². The van der Waals surface area contributed by atoms with Crippen molar-refractivity contribution >= 4 is 16.1 Å². The molecule has 0 aromatic heterocycles. The van der Waals surface area contributed by atoms with E-state index in [1.165, 1.54) is 13.8 Å². The molecule has 13 heteroatoms. The SMILES string of the molecule is CC(=O)O[C@@H]([C@@H]1OC(C)(C)O[C@@H]1COS(=O)(=O)C(F)(F)F)[C@H]1COC(C)(C)O1. The van der Waals surface area contributed by atoms with Gasteiger partial charge in [0.25, 0.3) is 0 Å². The minimum atomic E-state index is -5.83. The predicted octanol–water partition coefficient (Wildman–Crippen LogP) is 1.46. The first kappa shape index (κ1) is 23.3. The van der Waals surface area contributed by atoms with Crippen LogP contribution in [-0.4, -0.2) is 69.1 Å². The summed E-state index contributed by atoms with van der Waals surface area (Å²) in [6.07, 6.45) is -4.40. The van der Waals surface area contributed by atoms with Crippen LogP contribution in [0.4, 0.5) is 13.2 Å². The Balaban J connectivity index is 2.22. The molecule has 0 spiro atoms. The number of esters is 1. The fraction of sp³-hybridized carbons (Fsp3) is 0.933. The number of ether oxygens (including phenoxy) is 5. The number of hydrogen-bond donors (Lipinski definition) is 0. The molecule has 0 N–H and O–H groups in total. The summed E-state index contributed by atoms with van der Waals surface area (Å²) in [6, 6.07) is 0. The molecule has 0 aliphatic carbocycles. The Morgan fingerprint density at radius 1 is 1.14 bits per heavy atom. The Kier molecular flexibility index (Phi) is 6.39. The number of halogens is 3. The Labute approximate surface area is 160 Å². The van der Waals surface area contributed by atoms with Crippen molar-refractivity contribution in [2.75, 3.05) is 13.2 Å². The Morgan fingerprint density at radius 3 is 2.21 bits per heavy atom. The van der Waals surface area contributed by atoms with Gasteiger partial charge in [-0.25, -0.2) is 0 Å². The number of alkyl halides is 3. The maximum atomic E-state index is 12.5. The van der Waals surface area contributed by atoms with E-state index in [4.69, 9.17) is 23.7 Å². The highest BCUT2D eigenvalue weighted by molar-refractivity contribution is 7.87. The molecule has 9 nitrogen and oxygen atoms in total. The summed E-state index contributed by atoms with van der Waals surface area (Å²) >= 11 is 0. The lowest BCUT2D eigenvalue weighted by molar-refractivity contribution is -0.193. The Hall–Kier alpha value is -0.990. The summed E-state index contributed by atoms with van der Waals surface area (Å²) in [5.41, 5.74) is -5.58. The lowest BCUT2D eigenvalue weighted by atomic mass is 10.0. The number of carbonyl (C=O) groups excluding carboxylic acids is 1. The van der Waals surface area contributed by atoms with Crippen LogP contribution >= 0.6 is 0 Å². The van der Waals surface area contributed by atoms with Gasteiger partial charge < -0.3 is 23.7 Å². The third kappa shape index (κ3) is 5.54. The average Bonchev–Trinajstić information content (AvgIpc) is 3.00. The van der Waals surface area contributed by atoms with Crippen LogP contribution in [0.2, 0.25) is 0 Å².